The lowest BCUT2D eigenvalue weighted by atomic mass is 10.2. The van der Waals surface area contributed by atoms with Crippen LogP contribution < -0.4 is 32.7 Å². The number of aliphatic carboxylic acids is 1. The van der Waals surface area contributed by atoms with E-state index in [1.54, 1.807) is 0 Å². The van der Waals surface area contributed by atoms with Crippen LogP contribution in [0.1, 0.15) is 6.42 Å². The van der Waals surface area contributed by atoms with E-state index in [0.717, 1.165) is 32.7 Å². The second-order valence-electron chi connectivity index (χ2n) is 4.54. The number of hydrogen-bond donors (Lipinski definition) is 7. The summed E-state index contributed by atoms with van der Waals surface area (Å²) in [5.74, 6) is -1.52. The van der Waals surface area contributed by atoms with Crippen LogP contribution in [0.2, 0.25) is 0 Å². The summed E-state index contributed by atoms with van der Waals surface area (Å²) in [6, 6.07) is -1.14. The number of carboxylic acids is 1. The molecule has 0 heterocycles. The summed E-state index contributed by atoms with van der Waals surface area (Å²) < 4.78 is 0. The van der Waals surface area contributed by atoms with E-state index < -0.39 is 12.0 Å². The maximum absolute atomic E-state index is 11.3. The third-order valence-electron chi connectivity index (χ3n) is 2.62. The number of carbonyl (C=O) groups is 2. The first kappa shape index (κ1) is 19.7. The molecule has 9 N–H and O–H groups in total. The predicted molar refractivity (Wildman–Crippen MR) is 80.9 cm³/mol. The Morgan fingerprint density at radius 2 is 1.38 bits per heavy atom. The van der Waals surface area contributed by atoms with Gasteiger partial charge in [-0.05, 0) is 0 Å². The average molecular weight is 304 g/mol. The molecule has 0 saturated carbocycles. The topological polar surface area (TPSA) is 155 Å². The number of hydrogen-bond acceptors (Lipinski definition) is 7. The van der Waals surface area contributed by atoms with Gasteiger partial charge in [0.25, 0.3) is 0 Å². The van der Waals surface area contributed by atoms with Crippen LogP contribution in [-0.4, -0.2) is 75.4 Å². The van der Waals surface area contributed by atoms with Crippen LogP contribution >= 0.6 is 0 Å². The van der Waals surface area contributed by atoms with Gasteiger partial charge in [0.1, 0.15) is 6.04 Å². The summed E-state index contributed by atoms with van der Waals surface area (Å²) in [6.07, 6.45) is -0.202. The largest absolute Gasteiger partial charge is 0.480 e. The Hall–Kier alpha value is -1.26. The van der Waals surface area contributed by atoms with E-state index in [-0.39, 0.29) is 12.3 Å². The zero-order chi connectivity index (χ0) is 15.9. The minimum absolute atomic E-state index is 0.202. The Labute approximate surface area is 125 Å². The highest BCUT2D eigenvalue weighted by molar-refractivity contribution is 5.84. The van der Waals surface area contributed by atoms with Crippen molar-refractivity contribution < 1.29 is 14.7 Å². The van der Waals surface area contributed by atoms with Crippen molar-refractivity contribution in [1.82, 2.24) is 21.3 Å². The highest BCUT2D eigenvalue weighted by Crippen LogP contribution is 1.87. The van der Waals surface area contributed by atoms with Gasteiger partial charge in [-0.15, -0.1) is 0 Å². The summed E-state index contributed by atoms with van der Waals surface area (Å²) in [5.41, 5.74) is 10.6. The van der Waals surface area contributed by atoms with Crippen molar-refractivity contribution in [3.8, 4) is 0 Å². The van der Waals surface area contributed by atoms with E-state index in [0.29, 0.717) is 19.6 Å². The van der Waals surface area contributed by atoms with E-state index in [1.807, 2.05) is 0 Å². The zero-order valence-corrected chi connectivity index (χ0v) is 12.4. The van der Waals surface area contributed by atoms with E-state index in [1.165, 1.54) is 0 Å². The molecule has 0 saturated heterocycles. The molecule has 0 radical (unpaired) electrons. The molecule has 9 heteroatoms. The Balaban J connectivity index is 3.25. The van der Waals surface area contributed by atoms with E-state index in [4.69, 9.17) is 16.6 Å². The van der Waals surface area contributed by atoms with Crippen molar-refractivity contribution in [3.05, 3.63) is 0 Å². The Morgan fingerprint density at radius 3 is 1.86 bits per heavy atom. The number of carboxylic acid groups (broad SMARTS) is 1. The highest BCUT2D eigenvalue weighted by atomic mass is 16.4. The van der Waals surface area contributed by atoms with Crippen LogP contribution in [-0.2, 0) is 9.59 Å². The molecule has 9 nitrogen and oxygen atoms in total. The molecule has 0 aromatic rings. The van der Waals surface area contributed by atoms with Gasteiger partial charge in [0.15, 0.2) is 0 Å². The van der Waals surface area contributed by atoms with Gasteiger partial charge >= 0.3 is 5.97 Å². The third kappa shape index (κ3) is 13.5. The smallest absolute Gasteiger partial charge is 0.321 e. The quantitative estimate of drug-likeness (QED) is 0.164. The molecule has 0 aliphatic heterocycles. The molecule has 1 atom stereocenters. The molecule has 124 valence electrons. The number of carbonyl (C=O) groups excluding carboxylic acids is 1. The van der Waals surface area contributed by atoms with Crippen molar-refractivity contribution in [1.29, 1.82) is 0 Å². The first-order valence-electron chi connectivity index (χ1n) is 7.15. The number of nitrogens with two attached hydrogens (primary N) is 2. The minimum Gasteiger partial charge on any atom is -0.480 e. The lowest BCUT2D eigenvalue weighted by Gasteiger charge is -2.09. The first-order chi connectivity index (χ1) is 10.1. The molecule has 0 fully saturated rings. The fraction of sp³-hybridized carbons (Fsp3) is 0.833. The van der Waals surface area contributed by atoms with Crippen LogP contribution in [0.3, 0.4) is 0 Å². The SMILES string of the molecule is NCCNCCNCCNCCNC(=O)C[C@H](N)C(=O)O. The molecule has 0 aromatic carbocycles. The fourth-order valence-electron chi connectivity index (χ4n) is 1.48. The third-order valence-corrected chi connectivity index (χ3v) is 2.62. The van der Waals surface area contributed by atoms with Gasteiger partial charge in [0.05, 0.1) is 6.42 Å². The lowest BCUT2D eigenvalue weighted by molar-refractivity contribution is -0.140. The van der Waals surface area contributed by atoms with Crippen LogP contribution in [0.4, 0.5) is 0 Å². The van der Waals surface area contributed by atoms with E-state index in [2.05, 4.69) is 21.3 Å². The number of rotatable bonds is 14. The fourth-order valence-corrected chi connectivity index (χ4v) is 1.48. The number of nitrogens with one attached hydrogen (secondary N) is 4. The van der Waals surface area contributed by atoms with Gasteiger partial charge in [-0.1, -0.05) is 0 Å². The standard InChI is InChI=1S/C12H28N6O3/c13-1-2-15-3-4-16-5-6-17-7-8-18-11(19)9-10(14)12(20)21/h10,15-17H,1-9,13-14H2,(H,18,19)(H,20,21)/t10-/m0/s1. The van der Waals surface area contributed by atoms with E-state index in [9.17, 15) is 9.59 Å². The van der Waals surface area contributed by atoms with Crippen molar-refractivity contribution in [2.75, 3.05) is 52.4 Å². The molecule has 1 amide bonds. The molecular formula is C12H28N6O3. The molecule has 0 aliphatic carbocycles. The molecule has 0 unspecified atom stereocenters. The summed E-state index contributed by atoms with van der Waals surface area (Å²) in [4.78, 5) is 21.8. The van der Waals surface area contributed by atoms with Gasteiger partial charge in [-0.2, -0.15) is 0 Å². The molecule has 0 aliphatic rings. The van der Waals surface area contributed by atoms with Crippen molar-refractivity contribution in [2.24, 2.45) is 11.5 Å². The van der Waals surface area contributed by atoms with Crippen LogP contribution in [0.15, 0.2) is 0 Å². The maximum atomic E-state index is 11.3. The minimum atomic E-state index is -1.17. The molecular weight excluding hydrogens is 276 g/mol. The summed E-state index contributed by atoms with van der Waals surface area (Å²) >= 11 is 0. The second kappa shape index (κ2) is 13.7. The average Bonchev–Trinajstić information content (AvgIpc) is 2.44. The van der Waals surface area contributed by atoms with Crippen molar-refractivity contribution in [3.63, 3.8) is 0 Å². The first-order valence-corrected chi connectivity index (χ1v) is 7.15. The van der Waals surface area contributed by atoms with Crippen molar-refractivity contribution >= 4 is 11.9 Å². The van der Waals surface area contributed by atoms with Gasteiger partial charge in [0.2, 0.25) is 5.91 Å². The Morgan fingerprint density at radius 1 is 0.905 bits per heavy atom. The molecule has 0 bridgehead atoms. The normalized spacial score (nSPS) is 12.1. The predicted octanol–water partition coefficient (Wildman–Crippen LogP) is -3.37. The zero-order valence-electron chi connectivity index (χ0n) is 12.4. The van der Waals surface area contributed by atoms with Crippen LogP contribution in [0.25, 0.3) is 0 Å². The molecule has 0 rings (SSSR count). The number of amides is 1. The summed E-state index contributed by atoms with van der Waals surface area (Å²) in [6.45, 7) is 5.94. The van der Waals surface area contributed by atoms with Gasteiger partial charge < -0.3 is 37.8 Å². The van der Waals surface area contributed by atoms with Crippen LogP contribution in [0.5, 0.6) is 0 Å². The molecule has 21 heavy (non-hydrogen) atoms. The summed E-state index contributed by atoms with van der Waals surface area (Å²) in [7, 11) is 0. The molecule has 0 spiro atoms. The summed E-state index contributed by atoms with van der Waals surface area (Å²) in [5, 5.41) is 20.7. The highest BCUT2D eigenvalue weighted by Gasteiger charge is 2.15. The van der Waals surface area contributed by atoms with Gasteiger partial charge in [-0.25, -0.2) is 0 Å². The van der Waals surface area contributed by atoms with Crippen molar-refractivity contribution in [2.45, 2.75) is 12.5 Å². The maximum Gasteiger partial charge on any atom is 0.321 e. The Bertz CT molecular complexity index is 290. The Kier molecular flexibility index (Phi) is 12.9. The lowest BCUT2D eigenvalue weighted by Crippen LogP contribution is -2.40. The van der Waals surface area contributed by atoms with Crippen LogP contribution in [0, 0.1) is 0 Å². The monoisotopic (exact) mass is 304 g/mol. The van der Waals surface area contributed by atoms with E-state index >= 15 is 0 Å². The van der Waals surface area contributed by atoms with Gasteiger partial charge in [0, 0.05) is 52.4 Å². The second-order valence-corrected chi connectivity index (χ2v) is 4.54. The molecule has 0 aromatic heterocycles. The van der Waals surface area contributed by atoms with Gasteiger partial charge in [-0.3, -0.25) is 9.59 Å².